The highest BCUT2D eigenvalue weighted by Crippen LogP contribution is 2.30. The van der Waals surface area contributed by atoms with Gasteiger partial charge < -0.3 is 10.0 Å². The third kappa shape index (κ3) is 3.64. The van der Waals surface area contributed by atoms with Crippen LogP contribution >= 0.6 is 0 Å². The van der Waals surface area contributed by atoms with Gasteiger partial charge >= 0.3 is 6.18 Å². The zero-order valence-electron chi connectivity index (χ0n) is 11.3. The number of rotatable bonds is 3. The van der Waals surface area contributed by atoms with Gasteiger partial charge in [0.15, 0.2) is 0 Å². The molecule has 1 aliphatic rings. The number of amides is 1. The van der Waals surface area contributed by atoms with Crippen molar-refractivity contribution in [3.8, 4) is 0 Å². The number of halogens is 3. The van der Waals surface area contributed by atoms with Gasteiger partial charge in [-0.05, 0) is 24.1 Å². The second-order valence-corrected chi connectivity index (χ2v) is 5.18. The highest BCUT2D eigenvalue weighted by Gasteiger charge is 2.34. The summed E-state index contributed by atoms with van der Waals surface area (Å²) in [4.78, 5) is 12.9. The number of alkyl halides is 3. The molecule has 0 saturated carbocycles. The zero-order chi connectivity index (χ0) is 15.6. The Morgan fingerprint density at radius 1 is 1.43 bits per heavy atom. The van der Waals surface area contributed by atoms with Crippen LogP contribution in [0.4, 0.5) is 13.2 Å². The normalized spacial score (nSPS) is 22.4. The number of carbonyl (C=O) groups excluding carboxylic acids is 1. The molecule has 114 valence electrons. The van der Waals surface area contributed by atoms with Crippen LogP contribution in [0.5, 0.6) is 0 Å². The Bertz CT molecular complexity index is 542. The van der Waals surface area contributed by atoms with Crippen molar-refractivity contribution >= 4 is 5.91 Å². The molecule has 1 fully saturated rings. The Morgan fingerprint density at radius 2 is 2.14 bits per heavy atom. The van der Waals surface area contributed by atoms with E-state index in [4.69, 9.17) is 0 Å². The quantitative estimate of drug-likeness (QED) is 0.870. The monoisotopic (exact) mass is 299 g/mol. The molecule has 2 rings (SSSR count). The molecule has 21 heavy (non-hydrogen) atoms. The van der Waals surface area contributed by atoms with Gasteiger partial charge in [-0.25, -0.2) is 0 Å². The lowest BCUT2D eigenvalue weighted by molar-refractivity contribution is -0.137. The van der Waals surface area contributed by atoms with Gasteiger partial charge in [0.2, 0.25) is 5.91 Å². The van der Waals surface area contributed by atoms with E-state index in [1.54, 1.807) is 6.07 Å². The van der Waals surface area contributed by atoms with E-state index < -0.39 is 17.8 Å². The summed E-state index contributed by atoms with van der Waals surface area (Å²) in [7, 11) is 0. The van der Waals surface area contributed by atoms with Gasteiger partial charge in [-0.1, -0.05) is 24.8 Å². The summed E-state index contributed by atoms with van der Waals surface area (Å²) in [6.45, 7) is 3.89. The van der Waals surface area contributed by atoms with Crippen molar-refractivity contribution in [2.45, 2.75) is 18.7 Å². The van der Waals surface area contributed by atoms with Crippen molar-refractivity contribution in [3.63, 3.8) is 0 Å². The van der Waals surface area contributed by atoms with Crippen LogP contribution < -0.4 is 0 Å². The van der Waals surface area contributed by atoms with Crippen molar-refractivity contribution < 1.29 is 23.1 Å². The first kappa shape index (κ1) is 15.6. The first-order valence-electron chi connectivity index (χ1n) is 6.57. The van der Waals surface area contributed by atoms with Crippen molar-refractivity contribution in [1.82, 2.24) is 4.90 Å². The highest BCUT2D eigenvalue weighted by atomic mass is 19.4. The summed E-state index contributed by atoms with van der Waals surface area (Å²) in [6, 6.07) is 5.05. The molecular formula is C15H16F3NO2. The molecule has 1 heterocycles. The average Bonchev–Trinajstić information content (AvgIpc) is 2.79. The van der Waals surface area contributed by atoms with Crippen LogP contribution in [0.3, 0.4) is 0 Å². The Kier molecular flexibility index (Phi) is 4.37. The number of nitrogens with zero attached hydrogens (tertiary/aromatic N) is 1. The number of carbonyl (C=O) groups is 1. The highest BCUT2D eigenvalue weighted by molar-refractivity contribution is 5.87. The molecule has 0 unspecified atom stereocenters. The maximum Gasteiger partial charge on any atom is 0.416 e. The van der Waals surface area contributed by atoms with Gasteiger partial charge in [-0.15, -0.1) is 0 Å². The van der Waals surface area contributed by atoms with E-state index in [2.05, 4.69) is 6.58 Å². The lowest BCUT2D eigenvalue weighted by Crippen LogP contribution is -2.27. The molecule has 0 spiro atoms. The second kappa shape index (κ2) is 5.89. The summed E-state index contributed by atoms with van der Waals surface area (Å²) in [5, 5.41) is 9.94. The molecule has 1 saturated heterocycles. The number of benzene rings is 1. The summed E-state index contributed by atoms with van der Waals surface area (Å²) in [6.07, 6.45) is -3.65. The maximum atomic E-state index is 12.7. The molecular weight excluding hydrogens is 283 g/mol. The van der Waals surface area contributed by atoms with Gasteiger partial charge in [0, 0.05) is 19.0 Å². The molecule has 0 radical (unpaired) electrons. The van der Waals surface area contributed by atoms with Crippen molar-refractivity contribution in [1.29, 1.82) is 0 Å². The van der Waals surface area contributed by atoms with Crippen LogP contribution in [0.25, 0.3) is 0 Å². The topological polar surface area (TPSA) is 40.5 Å². The van der Waals surface area contributed by atoms with E-state index in [0.717, 1.165) is 12.1 Å². The van der Waals surface area contributed by atoms with E-state index >= 15 is 0 Å². The predicted molar refractivity (Wildman–Crippen MR) is 71.4 cm³/mol. The predicted octanol–water partition coefficient (Wildman–Crippen LogP) is 2.25. The zero-order valence-corrected chi connectivity index (χ0v) is 11.3. The molecule has 1 amide bonds. The minimum atomic E-state index is -4.38. The molecule has 0 aliphatic carbocycles. The van der Waals surface area contributed by atoms with Crippen LogP contribution in [0.2, 0.25) is 0 Å². The fourth-order valence-electron chi connectivity index (χ4n) is 2.54. The van der Waals surface area contributed by atoms with Gasteiger partial charge in [0.1, 0.15) is 0 Å². The number of hydrogen-bond acceptors (Lipinski definition) is 2. The van der Waals surface area contributed by atoms with Crippen molar-refractivity contribution in [2.24, 2.45) is 5.92 Å². The molecule has 1 aromatic rings. The largest absolute Gasteiger partial charge is 0.416 e. The molecule has 1 aliphatic heterocycles. The van der Waals surface area contributed by atoms with Crippen molar-refractivity contribution in [2.75, 3.05) is 13.1 Å². The molecule has 0 aromatic heterocycles. The SMILES string of the molecule is C=CC(=O)N1C[C@@H](Cc2cccc(C(F)(F)F)c2)[C@H](O)C1. The number of aliphatic hydroxyl groups excluding tert-OH is 1. The standard InChI is InChI=1S/C15H16F3NO2/c1-2-14(21)19-8-11(13(20)9-19)6-10-4-3-5-12(7-10)15(16,17)18/h2-5,7,11,13,20H,1,6,8-9H2/t11-,13-/m1/s1. The fourth-order valence-corrected chi connectivity index (χ4v) is 2.54. The van der Waals surface area contributed by atoms with Crippen LogP contribution in [0, 0.1) is 5.92 Å². The smallest absolute Gasteiger partial charge is 0.391 e. The fraction of sp³-hybridized carbons (Fsp3) is 0.400. The van der Waals surface area contributed by atoms with Crippen LogP contribution in [-0.4, -0.2) is 35.1 Å². The minimum absolute atomic E-state index is 0.189. The van der Waals surface area contributed by atoms with E-state index in [9.17, 15) is 23.1 Å². The third-order valence-electron chi connectivity index (χ3n) is 3.64. The molecule has 2 atom stereocenters. The van der Waals surface area contributed by atoms with E-state index in [1.165, 1.54) is 17.0 Å². The van der Waals surface area contributed by atoms with Crippen LogP contribution in [-0.2, 0) is 17.4 Å². The third-order valence-corrected chi connectivity index (χ3v) is 3.64. The summed E-state index contributed by atoms with van der Waals surface area (Å²) < 4.78 is 38.0. The van der Waals surface area contributed by atoms with Gasteiger partial charge in [0.05, 0.1) is 11.7 Å². The second-order valence-electron chi connectivity index (χ2n) is 5.18. The lowest BCUT2D eigenvalue weighted by Gasteiger charge is -2.15. The summed E-state index contributed by atoms with van der Waals surface area (Å²) in [5.41, 5.74) is -0.201. The van der Waals surface area contributed by atoms with E-state index in [-0.39, 0.29) is 18.4 Å². The Hall–Kier alpha value is -1.82. The van der Waals surface area contributed by atoms with Gasteiger partial charge in [0.25, 0.3) is 0 Å². The lowest BCUT2D eigenvalue weighted by atomic mass is 9.95. The Morgan fingerprint density at radius 3 is 2.76 bits per heavy atom. The number of hydrogen-bond donors (Lipinski definition) is 1. The summed E-state index contributed by atoms with van der Waals surface area (Å²) in [5.74, 6) is -0.544. The molecule has 3 nitrogen and oxygen atoms in total. The van der Waals surface area contributed by atoms with Gasteiger partial charge in [-0.2, -0.15) is 13.2 Å². The molecule has 1 N–H and O–H groups in total. The Labute approximate surface area is 120 Å². The maximum absolute atomic E-state index is 12.7. The average molecular weight is 299 g/mol. The molecule has 6 heteroatoms. The number of aliphatic hydroxyl groups is 1. The van der Waals surface area contributed by atoms with Crippen molar-refractivity contribution in [3.05, 3.63) is 48.0 Å². The minimum Gasteiger partial charge on any atom is -0.391 e. The van der Waals surface area contributed by atoms with Crippen LogP contribution in [0.15, 0.2) is 36.9 Å². The van der Waals surface area contributed by atoms with E-state index in [0.29, 0.717) is 18.5 Å². The first-order chi connectivity index (χ1) is 9.81. The molecule has 1 aromatic carbocycles. The van der Waals surface area contributed by atoms with Crippen LogP contribution in [0.1, 0.15) is 11.1 Å². The number of β-amino-alcohol motifs (C(OH)–C–C–N with tert-alkyl or cyclic N) is 1. The Balaban J connectivity index is 2.09. The number of likely N-dealkylation sites (tertiary alicyclic amines) is 1. The van der Waals surface area contributed by atoms with E-state index in [1.807, 2.05) is 0 Å². The summed E-state index contributed by atoms with van der Waals surface area (Å²) >= 11 is 0. The molecule has 0 bridgehead atoms. The van der Waals surface area contributed by atoms with Gasteiger partial charge in [-0.3, -0.25) is 4.79 Å². The first-order valence-corrected chi connectivity index (χ1v) is 6.57.